The van der Waals surface area contributed by atoms with Gasteiger partial charge in [-0.15, -0.1) is 0 Å². The van der Waals surface area contributed by atoms with Crippen LogP contribution in [0.2, 0.25) is 0 Å². The monoisotopic (exact) mass is 873 g/mol. The van der Waals surface area contributed by atoms with Crippen LogP contribution in [-0.2, 0) is 71.4 Å². The van der Waals surface area contributed by atoms with Crippen molar-refractivity contribution in [3.63, 3.8) is 0 Å². The number of rotatable bonds is 8. The van der Waals surface area contributed by atoms with Gasteiger partial charge < -0.3 is 57.3 Å². The molecular weight excluding hydrogens is 826 g/mol. The summed E-state index contributed by atoms with van der Waals surface area (Å²) in [4.78, 5) is 113. The van der Waals surface area contributed by atoms with Crippen molar-refractivity contribution in [3.05, 3.63) is 53.7 Å². The van der Waals surface area contributed by atoms with Gasteiger partial charge in [-0.1, -0.05) is 6.92 Å². The number of fused-ring (bicyclic) bond motifs is 5. The van der Waals surface area contributed by atoms with Gasteiger partial charge in [-0.25, -0.2) is 14.4 Å². The molecule has 6 rings (SSSR count). The van der Waals surface area contributed by atoms with Gasteiger partial charge in [0.15, 0.2) is 35.6 Å². The Kier molecular flexibility index (Phi) is 11.8. The van der Waals surface area contributed by atoms with E-state index in [0.717, 1.165) is 61.0 Å². The average molecular weight is 874 g/mol. The van der Waals surface area contributed by atoms with E-state index in [0.29, 0.717) is 0 Å². The fourth-order valence-electron chi connectivity index (χ4n) is 9.66. The molecule has 336 valence electrons. The Morgan fingerprint density at radius 2 is 1.37 bits per heavy atom. The zero-order chi connectivity index (χ0) is 45.9. The molecule has 62 heavy (non-hydrogen) atoms. The number of aromatic nitrogens is 1. The topological polar surface area (TPSA) is 286 Å². The predicted molar refractivity (Wildman–Crippen MR) is 199 cm³/mol. The number of pyridine rings is 1. The second kappa shape index (κ2) is 16.1. The third kappa shape index (κ3) is 7.14. The molecule has 2 aromatic heterocycles. The Bertz CT molecular complexity index is 2170. The first-order chi connectivity index (χ1) is 28.9. The van der Waals surface area contributed by atoms with E-state index in [4.69, 9.17) is 47.0 Å². The van der Waals surface area contributed by atoms with E-state index in [9.17, 15) is 48.6 Å². The number of furan rings is 1. The Hall–Kier alpha value is -5.93. The first kappa shape index (κ1) is 45.6. The minimum absolute atomic E-state index is 0.141. The molecule has 4 aliphatic rings. The van der Waals surface area contributed by atoms with E-state index in [-0.39, 0.29) is 16.8 Å². The van der Waals surface area contributed by atoms with Crippen LogP contribution < -0.4 is 0 Å². The molecule has 3 fully saturated rings. The summed E-state index contributed by atoms with van der Waals surface area (Å²) in [5.41, 5.74) is -14.0. The molecule has 1 saturated heterocycles. The van der Waals surface area contributed by atoms with Crippen molar-refractivity contribution < 1.29 is 95.6 Å². The van der Waals surface area contributed by atoms with Crippen molar-refractivity contribution in [2.75, 3.05) is 13.2 Å². The van der Waals surface area contributed by atoms with E-state index in [1.807, 2.05) is 0 Å². The fourth-order valence-corrected chi connectivity index (χ4v) is 9.66. The van der Waals surface area contributed by atoms with Crippen molar-refractivity contribution in [1.29, 1.82) is 0 Å². The first-order valence-electron chi connectivity index (χ1n) is 19.4. The molecule has 2 N–H and O–H groups in total. The minimum Gasteiger partial charge on any atom is -0.472 e. The highest BCUT2D eigenvalue weighted by molar-refractivity contribution is 5.92. The molecule has 1 unspecified atom stereocenters. The second-order valence-corrected chi connectivity index (χ2v) is 16.4. The number of hydrogen-bond donors (Lipinski definition) is 2. The molecule has 2 aliphatic carbocycles. The second-order valence-electron chi connectivity index (χ2n) is 16.4. The lowest BCUT2D eigenvalue weighted by Gasteiger charge is -2.67. The molecule has 21 heteroatoms. The van der Waals surface area contributed by atoms with E-state index >= 15 is 0 Å². The molecule has 4 bridgehead atoms. The number of aliphatic hydroxyl groups is 2. The van der Waals surface area contributed by atoms with Crippen LogP contribution in [0.4, 0.5) is 0 Å². The Morgan fingerprint density at radius 3 is 1.94 bits per heavy atom. The van der Waals surface area contributed by atoms with Crippen molar-refractivity contribution in [2.45, 2.75) is 127 Å². The van der Waals surface area contributed by atoms with Gasteiger partial charge in [0.05, 0.1) is 29.0 Å². The fraction of sp³-hybridized carbons (Fsp3) is 0.585. The van der Waals surface area contributed by atoms with Crippen molar-refractivity contribution >= 4 is 47.8 Å². The van der Waals surface area contributed by atoms with Gasteiger partial charge in [-0.2, -0.15) is 0 Å². The average Bonchev–Trinajstić information content (AvgIpc) is 3.79. The van der Waals surface area contributed by atoms with Crippen LogP contribution in [0.5, 0.6) is 0 Å². The van der Waals surface area contributed by atoms with E-state index in [2.05, 4.69) is 4.98 Å². The molecule has 2 aromatic rings. The summed E-state index contributed by atoms with van der Waals surface area (Å²) < 4.78 is 59.7. The Morgan fingerprint density at radius 1 is 0.806 bits per heavy atom. The third-order valence-corrected chi connectivity index (χ3v) is 12.2. The number of nitrogens with zero attached hydrogens (tertiary/aromatic N) is 1. The van der Waals surface area contributed by atoms with E-state index in [1.54, 1.807) is 0 Å². The molecule has 0 amide bonds. The van der Waals surface area contributed by atoms with Crippen LogP contribution in [0.1, 0.15) is 94.6 Å². The van der Waals surface area contributed by atoms with Gasteiger partial charge in [0.1, 0.15) is 48.3 Å². The van der Waals surface area contributed by atoms with Crippen LogP contribution in [0, 0.1) is 11.3 Å². The van der Waals surface area contributed by atoms with Gasteiger partial charge in [-0.05, 0) is 39.0 Å². The van der Waals surface area contributed by atoms with Crippen LogP contribution in [0.25, 0.3) is 0 Å². The number of carbonyl (C=O) groups excluding carboxylic acids is 8. The number of hydrogen-bond acceptors (Lipinski definition) is 21. The Balaban J connectivity index is 1.80. The minimum atomic E-state index is -3.00. The van der Waals surface area contributed by atoms with Gasteiger partial charge in [0, 0.05) is 46.7 Å². The maximum atomic E-state index is 14.5. The van der Waals surface area contributed by atoms with Crippen molar-refractivity contribution in [1.82, 2.24) is 4.98 Å². The zero-order valence-electron chi connectivity index (χ0n) is 35.2. The van der Waals surface area contributed by atoms with Crippen LogP contribution >= 0.6 is 0 Å². The normalized spacial score (nSPS) is 37.3. The quantitative estimate of drug-likeness (QED) is 0.277. The van der Waals surface area contributed by atoms with E-state index < -0.39 is 137 Å². The highest BCUT2D eigenvalue weighted by Crippen LogP contribution is 2.70. The molecule has 1 spiro atoms. The van der Waals surface area contributed by atoms with Crippen molar-refractivity contribution in [3.8, 4) is 0 Å². The van der Waals surface area contributed by atoms with E-state index in [1.165, 1.54) is 38.2 Å². The molecule has 13 atom stereocenters. The van der Waals surface area contributed by atoms with Crippen molar-refractivity contribution in [2.24, 2.45) is 11.3 Å². The SMILES string of the molecule is CC(=O)O[C@@H]1[C@H]2[C@@H](OC(C)=O)[C@@]34O[C@@]2(C)COC(=O)c2cccnc2[C@@H](C)C(C)(O)C(=O)O[C@@H]([C@H](OC(C)=O)[C@H](OC(C)=O)[C@@]3(COC(=O)c2ccoc2)[C@@H]1OC(C)=O)[C@]4(C)O. The molecule has 2 saturated carbocycles. The lowest BCUT2D eigenvalue weighted by Crippen LogP contribution is -2.89. The molecule has 21 nitrogen and oxygen atoms in total. The summed E-state index contributed by atoms with van der Waals surface area (Å²) >= 11 is 0. The number of esters is 8. The van der Waals surface area contributed by atoms with Gasteiger partial charge in [-0.3, -0.25) is 29.0 Å². The lowest BCUT2D eigenvalue weighted by molar-refractivity contribution is -0.387. The summed E-state index contributed by atoms with van der Waals surface area (Å²) in [7, 11) is 0. The van der Waals surface area contributed by atoms with Crippen LogP contribution in [-0.4, -0.2) is 135 Å². The lowest BCUT2D eigenvalue weighted by atomic mass is 9.45. The largest absolute Gasteiger partial charge is 0.472 e. The standard InChI is InChI=1S/C41H47NO20/c1-18-27-25(11-10-13-42-27)35(49)54-16-37(7)26-28(56-19(2)43)32(59-22(5)46)40(17-55-34(48)24-12-14-53-15-24)33(60-23(6)47)29(57-20(3)44)31(61-36(50)38(18,8)51)39(9,52)41(40,62-37)30(26)58-21(4)45/h10-15,18,26,28-33,51-52H,16-17H2,1-9H3/t18-,26+,28-,29+,30-,31+,32-,33+,37+,38?,39+,40-,41+/m1/s1. The predicted octanol–water partition coefficient (Wildman–Crippen LogP) is 1.04. The van der Waals surface area contributed by atoms with Crippen LogP contribution in [0.15, 0.2) is 41.3 Å². The molecule has 4 heterocycles. The number of carbonyl (C=O) groups is 8. The van der Waals surface area contributed by atoms with Gasteiger partial charge >= 0.3 is 47.8 Å². The van der Waals surface area contributed by atoms with Gasteiger partial charge in [0.2, 0.25) is 0 Å². The molecular formula is C41H47NO20. The molecule has 2 aliphatic heterocycles. The molecule has 0 radical (unpaired) electrons. The summed E-state index contributed by atoms with van der Waals surface area (Å²) in [5, 5.41) is 25.5. The zero-order valence-corrected chi connectivity index (χ0v) is 35.2. The highest BCUT2D eigenvalue weighted by Gasteiger charge is 2.92. The first-order valence-corrected chi connectivity index (χ1v) is 19.4. The summed E-state index contributed by atoms with van der Waals surface area (Å²) in [6, 6.07) is 3.92. The summed E-state index contributed by atoms with van der Waals surface area (Å²) in [5.74, 6) is -12.2. The Labute approximate surface area is 353 Å². The van der Waals surface area contributed by atoms with Gasteiger partial charge in [0.25, 0.3) is 0 Å². The molecule has 0 aromatic carbocycles. The number of ether oxygens (including phenoxy) is 9. The third-order valence-electron chi connectivity index (χ3n) is 12.2. The summed E-state index contributed by atoms with van der Waals surface area (Å²) in [6.07, 6.45) is -9.37. The number of cyclic esters (lactones) is 1. The highest BCUT2D eigenvalue weighted by atomic mass is 16.7. The summed E-state index contributed by atoms with van der Waals surface area (Å²) in [6.45, 7) is 7.41. The maximum Gasteiger partial charge on any atom is 0.341 e. The maximum absolute atomic E-state index is 14.5. The van der Waals surface area contributed by atoms with Crippen LogP contribution in [0.3, 0.4) is 0 Å². The smallest absolute Gasteiger partial charge is 0.341 e.